The van der Waals surface area contributed by atoms with Crippen molar-refractivity contribution in [2.75, 3.05) is 0 Å². The maximum absolute atomic E-state index is 12.5. The molecule has 0 aliphatic rings. The molecule has 2 nitrogen and oxygen atoms in total. The maximum Gasteiger partial charge on any atom is 0.416 e. The Hall–Kier alpha value is -1.43. The fraction of sp³-hybridized carbons (Fsp3) is 0.286. The van der Waals surface area contributed by atoms with Gasteiger partial charge in [0.2, 0.25) is 0 Å². The molecule has 0 N–H and O–H groups in total. The number of hydrogen-bond donors (Lipinski definition) is 0. The second kappa shape index (κ2) is 5.91. The number of nitrogens with zero attached hydrogens (tertiary/aromatic N) is 2. The first-order valence-corrected chi connectivity index (χ1v) is 6.90. The van der Waals surface area contributed by atoms with E-state index in [2.05, 4.69) is 25.9 Å². The van der Waals surface area contributed by atoms with Crippen LogP contribution >= 0.6 is 15.9 Å². The summed E-state index contributed by atoms with van der Waals surface area (Å²) in [6.45, 7) is 2.02. The van der Waals surface area contributed by atoms with Crippen molar-refractivity contribution < 1.29 is 13.2 Å². The fourth-order valence-corrected chi connectivity index (χ4v) is 2.20. The quantitative estimate of drug-likeness (QED) is 0.741. The minimum Gasteiger partial charge on any atom is -0.233 e. The third kappa shape index (κ3) is 3.56. The van der Waals surface area contributed by atoms with E-state index in [-0.39, 0.29) is 0 Å². The molecule has 0 aliphatic carbocycles. The van der Waals surface area contributed by atoms with Gasteiger partial charge in [-0.1, -0.05) is 19.1 Å². The Kier molecular flexibility index (Phi) is 4.42. The molecule has 20 heavy (non-hydrogen) atoms. The van der Waals surface area contributed by atoms with Gasteiger partial charge >= 0.3 is 6.18 Å². The zero-order valence-electron chi connectivity index (χ0n) is 10.7. The van der Waals surface area contributed by atoms with Crippen molar-refractivity contribution in [1.29, 1.82) is 0 Å². The molecule has 0 bridgehead atoms. The molecule has 0 unspecified atom stereocenters. The zero-order chi connectivity index (χ0) is 14.8. The lowest BCUT2D eigenvalue weighted by molar-refractivity contribution is -0.137. The lowest BCUT2D eigenvalue weighted by Gasteiger charge is -2.08. The first-order chi connectivity index (χ1) is 9.40. The molecule has 2 rings (SSSR count). The average Bonchev–Trinajstić information content (AvgIpc) is 2.37. The van der Waals surface area contributed by atoms with Gasteiger partial charge in [0.15, 0.2) is 0 Å². The molecular weight excluding hydrogens is 333 g/mol. The van der Waals surface area contributed by atoms with E-state index >= 15 is 0 Å². The molecule has 0 atom stereocenters. The summed E-state index contributed by atoms with van der Waals surface area (Å²) in [7, 11) is 0. The smallest absolute Gasteiger partial charge is 0.233 e. The molecule has 1 heterocycles. The van der Waals surface area contributed by atoms with Crippen LogP contribution in [0.15, 0.2) is 34.9 Å². The summed E-state index contributed by atoms with van der Waals surface area (Å²) in [6.07, 6.45) is -2.69. The monoisotopic (exact) mass is 344 g/mol. The summed E-state index contributed by atoms with van der Waals surface area (Å²) in [5.74, 6) is 0.678. The summed E-state index contributed by atoms with van der Waals surface area (Å²) in [5, 5.41) is 0. The third-order valence-corrected chi connectivity index (χ3v) is 3.13. The van der Waals surface area contributed by atoms with Crippen molar-refractivity contribution in [2.24, 2.45) is 0 Å². The predicted octanol–water partition coefficient (Wildman–Crippen LogP) is 4.88. The summed E-state index contributed by atoms with van der Waals surface area (Å²) in [4.78, 5) is 8.59. The lowest BCUT2D eigenvalue weighted by Crippen LogP contribution is -2.04. The molecule has 0 saturated heterocycles. The molecule has 0 aliphatic heterocycles. The summed E-state index contributed by atoms with van der Waals surface area (Å²) in [6, 6.07) is 6.66. The van der Waals surface area contributed by atoms with Crippen LogP contribution in [0.5, 0.6) is 0 Å². The number of halogens is 4. The van der Waals surface area contributed by atoms with Crippen molar-refractivity contribution in [3.05, 3.63) is 46.3 Å². The van der Waals surface area contributed by atoms with E-state index in [1.807, 2.05) is 6.92 Å². The highest BCUT2D eigenvalue weighted by Crippen LogP contribution is 2.31. The molecule has 1 aromatic carbocycles. The normalized spacial score (nSPS) is 11.7. The van der Waals surface area contributed by atoms with Crippen molar-refractivity contribution in [2.45, 2.75) is 25.9 Å². The van der Waals surface area contributed by atoms with Gasteiger partial charge in [0.1, 0.15) is 10.4 Å². The number of hydrogen-bond acceptors (Lipinski definition) is 2. The Balaban J connectivity index is 2.36. The highest BCUT2D eigenvalue weighted by atomic mass is 79.9. The van der Waals surface area contributed by atoms with Gasteiger partial charge in [0.25, 0.3) is 0 Å². The van der Waals surface area contributed by atoms with Gasteiger partial charge in [0, 0.05) is 12.0 Å². The average molecular weight is 345 g/mol. The fourth-order valence-electron chi connectivity index (χ4n) is 1.78. The van der Waals surface area contributed by atoms with Gasteiger partial charge in [-0.25, -0.2) is 9.97 Å². The van der Waals surface area contributed by atoms with E-state index in [1.165, 1.54) is 12.1 Å². The van der Waals surface area contributed by atoms with Crippen molar-refractivity contribution in [3.8, 4) is 11.3 Å². The first kappa shape index (κ1) is 15.0. The highest BCUT2D eigenvalue weighted by molar-refractivity contribution is 9.10. The largest absolute Gasteiger partial charge is 0.416 e. The van der Waals surface area contributed by atoms with Gasteiger partial charge in [-0.2, -0.15) is 13.2 Å². The van der Waals surface area contributed by atoms with Gasteiger partial charge < -0.3 is 0 Å². The summed E-state index contributed by atoms with van der Waals surface area (Å²) >= 11 is 3.30. The van der Waals surface area contributed by atoms with Crippen LogP contribution < -0.4 is 0 Å². The molecule has 1 aromatic heterocycles. The zero-order valence-corrected chi connectivity index (χ0v) is 12.3. The van der Waals surface area contributed by atoms with Crippen LogP contribution in [-0.2, 0) is 12.6 Å². The highest BCUT2D eigenvalue weighted by Gasteiger charge is 2.30. The first-order valence-electron chi connectivity index (χ1n) is 6.11. The molecule has 6 heteroatoms. The number of alkyl halides is 3. The van der Waals surface area contributed by atoms with E-state index in [0.29, 0.717) is 21.7 Å². The van der Waals surface area contributed by atoms with Gasteiger partial charge in [-0.05, 0) is 40.5 Å². The Labute approximate surface area is 123 Å². The maximum atomic E-state index is 12.5. The molecular formula is C14H12BrF3N2. The lowest BCUT2D eigenvalue weighted by atomic mass is 10.1. The second-order valence-corrected chi connectivity index (χ2v) is 5.13. The van der Waals surface area contributed by atoms with E-state index in [1.54, 1.807) is 6.07 Å². The number of aromatic nitrogens is 2. The Morgan fingerprint density at radius 2 is 1.75 bits per heavy atom. The molecule has 106 valence electrons. The van der Waals surface area contributed by atoms with Crippen LogP contribution in [0.25, 0.3) is 11.3 Å². The second-order valence-electron chi connectivity index (χ2n) is 4.32. The topological polar surface area (TPSA) is 25.8 Å². The standard InChI is InChI=1S/C14H12BrF3N2/c1-2-3-13-19-11(8-12(15)20-13)9-4-6-10(7-5-9)14(16,17)18/h4-8H,2-3H2,1H3. The van der Waals surface area contributed by atoms with Crippen LogP contribution in [0.3, 0.4) is 0 Å². The van der Waals surface area contributed by atoms with Gasteiger partial charge in [-0.15, -0.1) is 0 Å². The van der Waals surface area contributed by atoms with Crippen molar-refractivity contribution in [3.63, 3.8) is 0 Å². The molecule has 0 fully saturated rings. The minimum atomic E-state index is -4.32. The predicted molar refractivity (Wildman–Crippen MR) is 74.2 cm³/mol. The van der Waals surface area contributed by atoms with Crippen LogP contribution in [0, 0.1) is 0 Å². The van der Waals surface area contributed by atoms with Crippen LogP contribution in [0.2, 0.25) is 0 Å². The molecule has 0 radical (unpaired) electrons. The Morgan fingerprint density at radius 1 is 1.10 bits per heavy atom. The van der Waals surface area contributed by atoms with E-state index in [0.717, 1.165) is 25.0 Å². The number of aryl methyl sites for hydroxylation is 1. The molecule has 0 spiro atoms. The van der Waals surface area contributed by atoms with Crippen LogP contribution in [0.1, 0.15) is 24.7 Å². The Bertz CT molecular complexity index is 594. The van der Waals surface area contributed by atoms with Crippen LogP contribution in [0.4, 0.5) is 13.2 Å². The summed E-state index contributed by atoms with van der Waals surface area (Å²) in [5.41, 5.74) is 0.589. The molecule has 0 amide bonds. The molecule has 0 saturated carbocycles. The van der Waals surface area contributed by atoms with Gasteiger partial charge in [0.05, 0.1) is 11.3 Å². The summed E-state index contributed by atoms with van der Waals surface area (Å²) < 4.78 is 38.2. The number of benzene rings is 1. The third-order valence-electron chi connectivity index (χ3n) is 2.72. The molecule has 2 aromatic rings. The SMILES string of the molecule is CCCc1nc(Br)cc(-c2ccc(C(F)(F)F)cc2)n1. The van der Waals surface area contributed by atoms with E-state index in [9.17, 15) is 13.2 Å². The minimum absolute atomic E-state index is 0.615. The van der Waals surface area contributed by atoms with Crippen molar-refractivity contribution in [1.82, 2.24) is 9.97 Å². The Morgan fingerprint density at radius 3 is 2.30 bits per heavy atom. The van der Waals surface area contributed by atoms with E-state index in [4.69, 9.17) is 0 Å². The number of rotatable bonds is 3. The van der Waals surface area contributed by atoms with E-state index < -0.39 is 11.7 Å². The van der Waals surface area contributed by atoms with Gasteiger partial charge in [-0.3, -0.25) is 0 Å². The van der Waals surface area contributed by atoms with Crippen molar-refractivity contribution >= 4 is 15.9 Å². The van der Waals surface area contributed by atoms with Crippen LogP contribution in [-0.4, -0.2) is 9.97 Å².